The van der Waals surface area contributed by atoms with E-state index >= 15 is 0 Å². The van der Waals surface area contributed by atoms with E-state index in [0.29, 0.717) is 0 Å². The molecule has 1 aliphatic rings. The number of furan rings is 1. The van der Waals surface area contributed by atoms with Gasteiger partial charge in [-0.2, -0.15) is 0 Å². The lowest BCUT2D eigenvalue weighted by Crippen LogP contribution is -2.17. The van der Waals surface area contributed by atoms with E-state index < -0.39 is 0 Å². The second-order valence-electron chi connectivity index (χ2n) is 18.0. The smallest absolute Gasteiger partial charge is 0.135 e. The van der Waals surface area contributed by atoms with E-state index in [-0.39, 0.29) is 5.41 Å². The fourth-order valence-corrected chi connectivity index (χ4v) is 10.9. The van der Waals surface area contributed by atoms with Gasteiger partial charge in [-0.3, -0.25) is 0 Å². The molecule has 65 heavy (non-hydrogen) atoms. The molecule has 2 heteroatoms. The standard InChI is InChI=1S/C63H43NO/c1-63(2)57-26-11-9-22-52(57)53-35-34-45(39-58(53)63)64(44-32-29-41(30-33-44)47-24-13-17-40-15-3-5-18-46(40)47)59-27-14-25-49(43-31-36-61-55(37-43)54-23-10-12-28-60(54)65-61)62(59)56-38-42-16-4-6-19-48(42)50-20-7-8-21-51(50)56/h3-39H,1-2H3. The minimum absolute atomic E-state index is 0.173. The van der Waals surface area contributed by atoms with Gasteiger partial charge >= 0.3 is 0 Å². The monoisotopic (exact) mass is 829 g/mol. The number of anilines is 3. The van der Waals surface area contributed by atoms with Crippen molar-refractivity contribution in [3.63, 3.8) is 0 Å². The first-order chi connectivity index (χ1) is 32.0. The van der Waals surface area contributed by atoms with Crippen molar-refractivity contribution >= 4 is 71.3 Å². The third-order valence-corrected chi connectivity index (χ3v) is 14.1. The summed E-state index contributed by atoms with van der Waals surface area (Å²) in [5.41, 5.74) is 17.3. The Morgan fingerprint density at radius 1 is 0.338 bits per heavy atom. The van der Waals surface area contributed by atoms with E-state index in [0.717, 1.165) is 50.1 Å². The Morgan fingerprint density at radius 3 is 1.80 bits per heavy atom. The zero-order chi connectivity index (χ0) is 43.2. The van der Waals surface area contributed by atoms with E-state index in [2.05, 4.69) is 237 Å². The number of benzene rings is 11. The van der Waals surface area contributed by atoms with Gasteiger partial charge in [0, 0.05) is 33.1 Å². The summed E-state index contributed by atoms with van der Waals surface area (Å²) in [6.45, 7) is 4.74. The van der Waals surface area contributed by atoms with Crippen molar-refractivity contribution in [2.75, 3.05) is 4.90 Å². The van der Waals surface area contributed by atoms with Crippen molar-refractivity contribution < 1.29 is 4.42 Å². The highest BCUT2D eigenvalue weighted by atomic mass is 16.3. The Morgan fingerprint density at radius 2 is 0.938 bits per heavy atom. The van der Waals surface area contributed by atoms with Gasteiger partial charge < -0.3 is 9.32 Å². The fraction of sp³-hybridized carbons (Fsp3) is 0.0476. The Kier molecular flexibility index (Phi) is 8.29. The van der Waals surface area contributed by atoms with Crippen LogP contribution in [0.2, 0.25) is 0 Å². The molecule has 0 radical (unpaired) electrons. The molecule has 0 amide bonds. The van der Waals surface area contributed by atoms with Crippen molar-refractivity contribution in [3.8, 4) is 44.5 Å². The van der Waals surface area contributed by atoms with Crippen LogP contribution in [0.3, 0.4) is 0 Å². The van der Waals surface area contributed by atoms with Crippen LogP contribution in [0, 0.1) is 0 Å². The normalized spacial score (nSPS) is 12.9. The summed E-state index contributed by atoms with van der Waals surface area (Å²) in [5.74, 6) is 0. The lowest BCUT2D eigenvalue weighted by Gasteiger charge is -2.31. The molecule has 0 fully saturated rings. The molecule has 11 aromatic carbocycles. The Labute approximate surface area is 378 Å². The molecule has 0 saturated heterocycles. The number of nitrogens with zero attached hydrogens (tertiary/aromatic N) is 1. The van der Waals surface area contributed by atoms with E-state index in [1.165, 1.54) is 76.8 Å². The van der Waals surface area contributed by atoms with Gasteiger partial charge in [-0.25, -0.2) is 0 Å². The highest BCUT2D eigenvalue weighted by Crippen LogP contribution is 2.53. The molecule has 0 aliphatic heterocycles. The molecule has 2 nitrogen and oxygen atoms in total. The van der Waals surface area contributed by atoms with Crippen molar-refractivity contribution in [1.82, 2.24) is 0 Å². The fourth-order valence-electron chi connectivity index (χ4n) is 10.9. The average molecular weight is 830 g/mol. The second-order valence-corrected chi connectivity index (χ2v) is 18.0. The third kappa shape index (κ3) is 5.81. The van der Waals surface area contributed by atoms with E-state index in [1.807, 2.05) is 6.07 Å². The summed E-state index contributed by atoms with van der Waals surface area (Å²) in [4.78, 5) is 2.50. The van der Waals surface area contributed by atoms with Crippen LogP contribution in [0.5, 0.6) is 0 Å². The molecule has 0 N–H and O–H groups in total. The maximum atomic E-state index is 6.38. The topological polar surface area (TPSA) is 16.4 Å². The zero-order valence-corrected chi connectivity index (χ0v) is 36.2. The number of fused-ring (bicyclic) bond motifs is 10. The van der Waals surface area contributed by atoms with Gasteiger partial charge in [0.2, 0.25) is 0 Å². The molecule has 12 aromatic rings. The van der Waals surface area contributed by atoms with Crippen molar-refractivity contribution in [1.29, 1.82) is 0 Å². The molecule has 0 bridgehead atoms. The van der Waals surface area contributed by atoms with E-state index in [9.17, 15) is 0 Å². The predicted molar refractivity (Wildman–Crippen MR) is 275 cm³/mol. The van der Waals surface area contributed by atoms with Gasteiger partial charge in [-0.1, -0.05) is 184 Å². The van der Waals surface area contributed by atoms with Gasteiger partial charge in [0.1, 0.15) is 11.2 Å². The summed E-state index contributed by atoms with van der Waals surface area (Å²) in [7, 11) is 0. The van der Waals surface area contributed by atoms with Gasteiger partial charge in [-0.15, -0.1) is 0 Å². The van der Waals surface area contributed by atoms with Crippen LogP contribution in [-0.4, -0.2) is 0 Å². The third-order valence-electron chi connectivity index (χ3n) is 14.1. The summed E-state index contributed by atoms with van der Waals surface area (Å²) >= 11 is 0. The van der Waals surface area contributed by atoms with Crippen molar-refractivity contribution in [2.24, 2.45) is 0 Å². The van der Waals surface area contributed by atoms with Gasteiger partial charge in [0.25, 0.3) is 0 Å². The highest BCUT2D eigenvalue weighted by molar-refractivity contribution is 6.17. The van der Waals surface area contributed by atoms with Crippen LogP contribution >= 0.6 is 0 Å². The van der Waals surface area contributed by atoms with Crippen molar-refractivity contribution in [3.05, 3.63) is 236 Å². The molecule has 1 aliphatic carbocycles. The second kappa shape index (κ2) is 14.4. The summed E-state index contributed by atoms with van der Waals surface area (Å²) < 4.78 is 6.38. The molecule has 13 rings (SSSR count). The van der Waals surface area contributed by atoms with Crippen LogP contribution in [0.4, 0.5) is 17.1 Å². The first-order valence-electron chi connectivity index (χ1n) is 22.6. The van der Waals surface area contributed by atoms with Crippen LogP contribution < -0.4 is 4.90 Å². The molecule has 0 unspecified atom stereocenters. The molecule has 1 aromatic heterocycles. The van der Waals surface area contributed by atoms with Gasteiger partial charge in [0.15, 0.2) is 0 Å². The van der Waals surface area contributed by atoms with Crippen LogP contribution in [0.25, 0.3) is 98.8 Å². The molecule has 0 saturated carbocycles. The quantitative estimate of drug-likeness (QED) is 0.155. The van der Waals surface area contributed by atoms with Crippen LogP contribution in [0.1, 0.15) is 25.0 Å². The number of hydrogen-bond donors (Lipinski definition) is 0. The first-order valence-corrected chi connectivity index (χ1v) is 22.6. The Bertz CT molecular complexity index is 3860. The Hall–Kier alpha value is -8.20. The predicted octanol–water partition coefficient (Wildman–Crippen LogP) is 17.8. The zero-order valence-electron chi connectivity index (χ0n) is 36.2. The van der Waals surface area contributed by atoms with Gasteiger partial charge in [0.05, 0.1) is 5.69 Å². The Balaban J connectivity index is 1.10. The van der Waals surface area contributed by atoms with Crippen LogP contribution in [0.15, 0.2) is 229 Å². The SMILES string of the molecule is CC1(C)c2ccccc2-c2ccc(N(c3ccc(-c4cccc5ccccc45)cc3)c3cccc(-c4ccc5oc6ccccc6c5c4)c3-c3cc4ccccc4c4ccccc34)cc21. The van der Waals surface area contributed by atoms with E-state index in [4.69, 9.17) is 4.42 Å². The summed E-state index contributed by atoms with van der Waals surface area (Å²) in [5, 5.41) is 9.63. The number of para-hydroxylation sites is 1. The lowest BCUT2D eigenvalue weighted by molar-refractivity contribution is 0.660. The maximum Gasteiger partial charge on any atom is 0.135 e. The number of rotatable bonds is 6. The largest absolute Gasteiger partial charge is 0.456 e. The van der Waals surface area contributed by atoms with Crippen molar-refractivity contribution in [2.45, 2.75) is 19.3 Å². The molecular weight excluding hydrogens is 787 g/mol. The van der Waals surface area contributed by atoms with Crippen LogP contribution in [-0.2, 0) is 5.41 Å². The summed E-state index contributed by atoms with van der Waals surface area (Å²) in [6.07, 6.45) is 0. The molecule has 306 valence electrons. The minimum Gasteiger partial charge on any atom is -0.456 e. The first kappa shape index (κ1) is 37.4. The highest BCUT2D eigenvalue weighted by Gasteiger charge is 2.36. The molecular formula is C63H43NO. The average Bonchev–Trinajstić information content (AvgIpc) is 3.85. The molecule has 0 spiro atoms. The number of hydrogen-bond acceptors (Lipinski definition) is 2. The minimum atomic E-state index is -0.173. The lowest BCUT2D eigenvalue weighted by atomic mass is 9.82. The van der Waals surface area contributed by atoms with Gasteiger partial charge in [-0.05, 0) is 137 Å². The maximum absolute atomic E-state index is 6.38. The molecule has 0 atom stereocenters. The molecule has 1 heterocycles. The summed E-state index contributed by atoms with van der Waals surface area (Å²) in [6, 6.07) is 82.6. The van der Waals surface area contributed by atoms with E-state index in [1.54, 1.807) is 0 Å².